The van der Waals surface area contributed by atoms with Gasteiger partial charge in [0.25, 0.3) is 5.91 Å². The van der Waals surface area contributed by atoms with E-state index in [0.29, 0.717) is 33.5 Å². The number of amides is 2. The molecule has 1 aliphatic heterocycles. The van der Waals surface area contributed by atoms with E-state index in [2.05, 4.69) is 43.5 Å². The van der Waals surface area contributed by atoms with Crippen LogP contribution >= 0.6 is 11.8 Å². The molecule has 1 heterocycles. The Labute approximate surface area is 266 Å². The smallest absolute Gasteiger partial charge is 0.339 e. The zero-order chi connectivity index (χ0) is 31.8. The van der Waals surface area contributed by atoms with Crippen LogP contribution in [0.4, 0.5) is 11.4 Å². The Bertz CT molecular complexity index is 1670. The van der Waals surface area contributed by atoms with Gasteiger partial charge in [0.1, 0.15) is 11.5 Å². The number of nitrogens with one attached hydrogen (secondary N) is 2. The van der Waals surface area contributed by atoms with Crippen molar-refractivity contribution >= 4 is 40.9 Å². The zero-order valence-corrected chi connectivity index (χ0v) is 26.1. The Morgan fingerprint density at radius 3 is 2.18 bits per heavy atom. The molecule has 2 N–H and O–H groups in total. The van der Waals surface area contributed by atoms with Gasteiger partial charge in [0.15, 0.2) is 18.1 Å². The van der Waals surface area contributed by atoms with Gasteiger partial charge < -0.3 is 29.6 Å². The zero-order valence-electron chi connectivity index (χ0n) is 25.3. The van der Waals surface area contributed by atoms with Crippen LogP contribution in [0, 0.1) is 0 Å². The molecule has 5 rings (SSSR count). The van der Waals surface area contributed by atoms with Crippen molar-refractivity contribution in [2.75, 3.05) is 29.8 Å². The normalized spacial score (nSPS) is 11.9. The highest BCUT2D eigenvalue weighted by molar-refractivity contribution is 8.00. The molecule has 0 atom stereocenters. The maximum atomic E-state index is 12.8. The Balaban J connectivity index is 1.08. The number of esters is 1. The van der Waals surface area contributed by atoms with Crippen molar-refractivity contribution in [3.05, 3.63) is 102 Å². The molecule has 0 radical (unpaired) electrons. The van der Waals surface area contributed by atoms with Crippen LogP contribution in [-0.2, 0) is 19.7 Å². The minimum absolute atomic E-state index is 0.0568. The van der Waals surface area contributed by atoms with Gasteiger partial charge in [-0.3, -0.25) is 9.59 Å². The van der Waals surface area contributed by atoms with Crippen LogP contribution in [0.15, 0.2) is 95.9 Å². The van der Waals surface area contributed by atoms with Crippen LogP contribution in [0.3, 0.4) is 0 Å². The van der Waals surface area contributed by atoms with E-state index in [-0.39, 0.29) is 29.4 Å². The standard InChI is InChI=1S/C35H34N2O7S/c1-4-35(2,3)23-9-14-26(15-10-23)44-27-16-11-24(12-17-27)36-32(38)20-41-34(40)28-7-5-6-8-31(28)45-21-33(39)37-25-13-18-29-30(19-25)43-22-42-29/h5-19H,4,20-22H2,1-3H3,(H,36,38)(H,37,39). The molecule has 0 saturated carbocycles. The van der Waals surface area contributed by atoms with Gasteiger partial charge in [-0.2, -0.15) is 0 Å². The lowest BCUT2D eigenvalue weighted by atomic mass is 9.82. The van der Waals surface area contributed by atoms with E-state index in [9.17, 15) is 14.4 Å². The first-order chi connectivity index (χ1) is 21.7. The van der Waals surface area contributed by atoms with E-state index in [1.165, 1.54) is 17.3 Å². The molecule has 0 saturated heterocycles. The Kier molecular flexibility index (Phi) is 9.94. The summed E-state index contributed by atoms with van der Waals surface area (Å²) in [4.78, 5) is 38.4. The predicted molar refractivity (Wildman–Crippen MR) is 174 cm³/mol. The molecule has 2 amide bonds. The van der Waals surface area contributed by atoms with Gasteiger partial charge in [0.2, 0.25) is 12.7 Å². The number of ether oxygens (including phenoxy) is 4. The van der Waals surface area contributed by atoms with Crippen molar-refractivity contribution in [3.8, 4) is 23.0 Å². The summed E-state index contributed by atoms with van der Waals surface area (Å²) in [5, 5.41) is 5.52. The van der Waals surface area contributed by atoms with Gasteiger partial charge in [-0.05, 0) is 78.1 Å². The fourth-order valence-electron chi connectivity index (χ4n) is 4.40. The number of fused-ring (bicyclic) bond motifs is 1. The van der Waals surface area contributed by atoms with Crippen LogP contribution in [0.1, 0.15) is 43.1 Å². The number of thioether (sulfide) groups is 1. The Morgan fingerprint density at radius 2 is 1.44 bits per heavy atom. The predicted octanol–water partition coefficient (Wildman–Crippen LogP) is 7.42. The average molecular weight is 627 g/mol. The Hall–Kier alpha value is -4.96. The summed E-state index contributed by atoms with van der Waals surface area (Å²) < 4.78 is 21.8. The summed E-state index contributed by atoms with van der Waals surface area (Å²) in [7, 11) is 0. The molecule has 232 valence electrons. The van der Waals surface area contributed by atoms with Crippen LogP contribution in [0.25, 0.3) is 0 Å². The van der Waals surface area contributed by atoms with Gasteiger partial charge in [-0.25, -0.2) is 4.79 Å². The van der Waals surface area contributed by atoms with Crippen molar-refractivity contribution < 1.29 is 33.3 Å². The van der Waals surface area contributed by atoms with E-state index in [1.807, 2.05) is 12.1 Å². The summed E-state index contributed by atoms with van der Waals surface area (Å²) >= 11 is 1.19. The van der Waals surface area contributed by atoms with Crippen molar-refractivity contribution in [1.82, 2.24) is 0 Å². The molecule has 4 aromatic carbocycles. The summed E-state index contributed by atoms with van der Waals surface area (Å²) in [5.74, 6) is 1.18. The SMILES string of the molecule is CCC(C)(C)c1ccc(Oc2ccc(NC(=O)COC(=O)c3ccccc3SCC(=O)Nc3ccc4c(c3)OCO4)cc2)cc1. The highest BCUT2D eigenvalue weighted by Gasteiger charge is 2.19. The molecule has 0 fully saturated rings. The maximum absolute atomic E-state index is 12.8. The van der Waals surface area contributed by atoms with Gasteiger partial charge in [0.05, 0.1) is 11.3 Å². The van der Waals surface area contributed by atoms with E-state index in [4.69, 9.17) is 18.9 Å². The van der Waals surface area contributed by atoms with Crippen molar-refractivity contribution in [3.63, 3.8) is 0 Å². The maximum Gasteiger partial charge on any atom is 0.339 e. The highest BCUT2D eigenvalue weighted by Crippen LogP contribution is 2.34. The molecule has 0 aliphatic carbocycles. The van der Waals surface area contributed by atoms with E-state index in [1.54, 1.807) is 66.7 Å². The minimum atomic E-state index is -0.665. The van der Waals surface area contributed by atoms with Crippen molar-refractivity contribution in [2.24, 2.45) is 0 Å². The third-order valence-corrected chi connectivity index (χ3v) is 8.42. The van der Waals surface area contributed by atoms with Gasteiger partial charge in [-0.1, -0.05) is 45.0 Å². The summed E-state index contributed by atoms with van der Waals surface area (Å²) in [6.07, 6.45) is 1.04. The first-order valence-corrected chi connectivity index (χ1v) is 15.5. The number of carbonyl (C=O) groups excluding carboxylic acids is 3. The van der Waals surface area contributed by atoms with E-state index >= 15 is 0 Å². The second-order valence-corrected chi connectivity index (χ2v) is 11.9. The highest BCUT2D eigenvalue weighted by atomic mass is 32.2. The molecule has 0 unspecified atom stereocenters. The van der Waals surface area contributed by atoms with E-state index in [0.717, 1.165) is 12.2 Å². The lowest BCUT2D eigenvalue weighted by molar-refractivity contribution is -0.119. The quantitative estimate of drug-likeness (QED) is 0.123. The molecular weight excluding hydrogens is 592 g/mol. The van der Waals surface area contributed by atoms with Crippen LogP contribution in [0.2, 0.25) is 0 Å². The molecule has 0 bridgehead atoms. The fraction of sp³-hybridized carbons (Fsp3) is 0.229. The molecule has 1 aliphatic rings. The van der Waals surface area contributed by atoms with Crippen molar-refractivity contribution in [1.29, 1.82) is 0 Å². The van der Waals surface area contributed by atoms with Gasteiger partial charge in [0, 0.05) is 22.3 Å². The van der Waals surface area contributed by atoms with Crippen LogP contribution in [-0.4, -0.2) is 36.9 Å². The largest absolute Gasteiger partial charge is 0.457 e. The summed E-state index contributed by atoms with van der Waals surface area (Å²) in [6.45, 7) is 6.27. The number of carbonyl (C=O) groups is 3. The molecule has 9 nitrogen and oxygen atoms in total. The topological polar surface area (TPSA) is 112 Å². The third kappa shape index (κ3) is 8.36. The number of anilines is 2. The average Bonchev–Trinajstić information content (AvgIpc) is 3.52. The van der Waals surface area contributed by atoms with Crippen LogP contribution < -0.4 is 24.8 Å². The van der Waals surface area contributed by atoms with Gasteiger partial charge >= 0.3 is 5.97 Å². The first kappa shape index (κ1) is 31.5. The lowest BCUT2D eigenvalue weighted by Crippen LogP contribution is -2.21. The van der Waals surface area contributed by atoms with Crippen molar-refractivity contribution in [2.45, 2.75) is 37.5 Å². The second-order valence-electron chi connectivity index (χ2n) is 10.9. The summed E-state index contributed by atoms with van der Waals surface area (Å²) in [5.41, 5.74) is 2.72. The monoisotopic (exact) mass is 626 g/mol. The molecule has 45 heavy (non-hydrogen) atoms. The number of rotatable bonds is 12. The van der Waals surface area contributed by atoms with E-state index < -0.39 is 18.5 Å². The molecule has 10 heteroatoms. The first-order valence-electron chi connectivity index (χ1n) is 14.5. The number of hydrogen-bond donors (Lipinski definition) is 2. The van der Waals surface area contributed by atoms with Crippen LogP contribution in [0.5, 0.6) is 23.0 Å². The Morgan fingerprint density at radius 1 is 0.800 bits per heavy atom. The summed E-state index contributed by atoms with van der Waals surface area (Å²) in [6, 6.07) is 26.9. The van der Waals surface area contributed by atoms with Gasteiger partial charge in [-0.15, -0.1) is 11.8 Å². The minimum Gasteiger partial charge on any atom is -0.457 e. The molecule has 4 aromatic rings. The number of benzene rings is 4. The lowest BCUT2D eigenvalue weighted by Gasteiger charge is -2.23. The third-order valence-electron chi connectivity index (χ3n) is 7.35. The molecule has 0 spiro atoms. The molecule has 0 aromatic heterocycles. The number of hydrogen-bond acceptors (Lipinski definition) is 8. The second kappa shape index (κ2) is 14.2. The molecular formula is C35H34N2O7S. The fourth-order valence-corrected chi connectivity index (χ4v) is 5.24.